The topological polar surface area (TPSA) is 153 Å². The minimum absolute atomic E-state index is 0.0984. The second kappa shape index (κ2) is 21.4. The molecule has 5 heterocycles. The summed E-state index contributed by atoms with van der Waals surface area (Å²) in [5.41, 5.74) is 5.54. The van der Waals surface area contributed by atoms with Crippen LogP contribution in [-0.2, 0) is 25.7 Å². The number of nitrogens with one attached hydrogen (secondary N) is 3. The third-order valence-corrected chi connectivity index (χ3v) is 14.1. The van der Waals surface area contributed by atoms with Gasteiger partial charge in [0, 0.05) is 49.6 Å². The van der Waals surface area contributed by atoms with E-state index in [2.05, 4.69) is 51.8 Å². The first kappa shape index (κ1) is 47.0. The predicted molar refractivity (Wildman–Crippen MR) is 260 cm³/mol. The molecule has 3 saturated heterocycles. The first-order valence-electron chi connectivity index (χ1n) is 23.7. The molecule has 4 aliphatic rings. The third-order valence-electron chi connectivity index (χ3n) is 13.7. The van der Waals surface area contributed by atoms with Gasteiger partial charge in [-0.25, -0.2) is 0 Å². The van der Waals surface area contributed by atoms with Gasteiger partial charge < -0.3 is 30.1 Å². The van der Waals surface area contributed by atoms with Crippen LogP contribution in [0.1, 0.15) is 112 Å². The highest BCUT2D eigenvalue weighted by Gasteiger charge is 2.49. The molecular formula is C53H60ClN7O6. The van der Waals surface area contributed by atoms with Crippen molar-refractivity contribution in [1.29, 1.82) is 0 Å². The number of halogens is 1. The van der Waals surface area contributed by atoms with Gasteiger partial charge >= 0.3 is 0 Å². The molecule has 5 amide bonds. The van der Waals surface area contributed by atoms with Crippen molar-refractivity contribution in [3.8, 4) is 16.9 Å². The SMILES string of the molecule is C=C(Nc1cncc(N2CCC3(CCN(C(=O)CCCCCCCCOc4ccc5c(c4)CN(C4CCC(=O)NC4=O)C5=O)CC3)C2=O)c1)NC(/C(Cl)=C\C)c1cccc(-c2ccccc2)c1. The van der Waals surface area contributed by atoms with Gasteiger partial charge in [-0.2, -0.15) is 0 Å². The molecule has 2 atom stereocenters. The van der Waals surface area contributed by atoms with E-state index in [4.69, 9.17) is 16.3 Å². The lowest BCUT2D eigenvalue weighted by Gasteiger charge is -2.38. The van der Waals surface area contributed by atoms with Crippen molar-refractivity contribution < 1.29 is 28.7 Å². The lowest BCUT2D eigenvalue weighted by molar-refractivity contribution is -0.137. The number of amides is 5. The first-order valence-corrected chi connectivity index (χ1v) is 24.0. The molecule has 3 aromatic carbocycles. The van der Waals surface area contributed by atoms with Crippen LogP contribution in [0.3, 0.4) is 0 Å². The molecule has 0 saturated carbocycles. The molecule has 3 N–H and O–H groups in total. The number of nitrogens with zero attached hydrogens (tertiary/aromatic N) is 4. The fourth-order valence-electron chi connectivity index (χ4n) is 9.82. The fraction of sp³-hybridized carbons (Fsp3) is 0.396. The number of pyridine rings is 1. The van der Waals surface area contributed by atoms with Gasteiger partial charge in [0.2, 0.25) is 23.6 Å². The number of carbonyl (C=O) groups is 5. The van der Waals surface area contributed by atoms with Gasteiger partial charge in [-0.05, 0) is 98.0 Å². The number of imide groups is 1. The molecule has 8 rings (SSSR count). The first-order chi connectivity index (χ1) is 32.5. The van der Waals surface area contributed by atoms with Crippen LogP contribution < -0.4 is 25.6 Å². The van der Waals surface area contributed by atoms with E-state index in [9.17, 15) is 24.0 Å². The number of carbonyl (C=O) groups excluding carboxylic acids is 5. The molecular weight excluding hydrogens is 866 g/mol. The second-order valence-electron chi connectivity index (χ2n) is 18.1. The number of hydrogen-bond donors (Lipinski definition) is 3. The maximum absolute atomic E-state index is 14.1. The average Bonchev–Trinajstić information content (AvgIpc) is 3.84. The molecule has 1 spiro atoms. The summed E-state index contributed by atoms with van der Waals surface area (Å²) < 4.78 is 6.00. The summed E-state index contributed by atoms with van der Waals surface area (Å²) >= 11 is 6.76. The van der Waals surface area contributed by atoms with E-state index in [0.29, 0.717) is 86.3 Å². The Morgan fingerprint density at radius 1 is 0.910 bits per heavy atom. The number of hydrogen-bond acceptors (Lipinski definition) is 9. The number of aromatic nitrogens is 1. The van der Waals surface area contributed by atoms with Crippen LogP contribution in [0.4, 0.5) is 11.4 Å². The van der Waals surface area contributed by atoms with Crippen molar-refractivity contribution in [2.45, 2.75) is 103 Å². The van der Waals surface area contributed by atoms with Gasteiger partial charge in [0.25, 0.3) is 5.91 Å². The summed E-state index contributed by atoms with van der Waals surface area (Å²) in [7, 11) is 0. The molecule has 4 aromatic rings. The zero-order chi connectivity index (χ0) is 46.9. The monoisotopic (exact) mass is 925 g/mol. The maximum atomic E-state index is 14.1. The number of fused-ring (bicyclic) bond motifs is 1. The summed E-state index contributed by atoms with van der Waals surface area (Å²) in [5.74, 6) is 0.586. The molecule has 0 bridgehead atoms. The van der Waals surface area contributed by atoms with Crippen LogP contribution in [0.25, 0.3) is 11.1 Å². The summed E-state index contributed by atoms with van der Waals surface area (Å²) in [6, 6.07) is 24.9. The zero-order valence-electron chi connectivity index (χ0n) is 38.2. The second-order valence-corrected chi connectivity index (χ2v) is 18.5. The molecule has 2 unspecified atom stereocenters. The van der Waals surface area contributed by atoms with E-state index >= 15 is 0 Å². The minimum Gasteiger partial charge on any atom is -0.494 e. The van der Waals surface area contributed by atoms with Crippen LogP contribution in [0, 0.1) is 5.41 Å². The van der Waals surface area contributed by atoms with E-state index in [-0.39, 0.29) is 36.1 Å². The number of ether oxygens (including phenoxy) is 1. The quantitative estimate of drug-likeness (QED) is 0.0618. The Morgan fingerprint density at radius 3 is 2.43 bits per heavy atom. The Labute approximate surface area is 398 Å². The number of allylic oxidation sites excluding steroid dienone is 1. The number of likely N-dealkylation sites (tertiary alicyclic amines) is 1. The van der Waals surface area contributed by atoms with Gasteiger partial charge in [-0.15, -0.1) is 0 Å². The number of benzene rings is 3. The Bertz CT molecular complexity index is 2520. The number of piperidine rings is 2. The molecule has 0 aliphatic carbocycles. The van der Waals surface area contributed by atoms with Crippen LogP contribution in [0.15, 0.2) is 115 Å². The summed E-state index contributed by atoms with van der Waals surface area (Å²) in [4.78, 5) is 73.9. The molecule has 4 aliphatic heterocycles. The van der Waals surface area contributed by atoms with Crippen molar-refractivity contribution in [2.24, 2.45) is 5.41 Å². The molecule has 1 aromatic heterocycles. The Morgan fingerprint density at radius 2 is 1.66 bits per heavy atom. The summed E-state index contributed by atoms with van der Waals surface area (Å²) in [5, 5.41) is 9.74. The fourth-order valence-corrected chi connectivity index (χ4v) is 10.0. The Hall–Kier alpha value is -6.47. The van der Waals surface area contributed by atoms with Crippen molar-refractivity contribution in [2.75, 3.05) is 36.5 Å². The van der Waals surface area contributed by atoms with Gasteiger partial charge in [0.05, 0.1) is 47.7 Å². The third kappa shape index (κ3) is 11.1. The van der Waals surface area contributed by atoms with E-state index in [0.717, 1.165) is 72.9 Å². The lowest BCUT2D eigenvalue weighted by Crippen LogP contribution is -2.52. The van der Waals surface area contributed by atoms with Crippen molar-refractivity contribution >= 4 is 52.5 Å². The normalized spacial score (nSPS) is 18.5. The van der Waals surface area contributed by atoms with Crippen molar-refractivity contribution in [3.05, 3.63) is 131 Å². The van der Waals surface area contributed by atoms with Gasteiger partial charge in [-0.3, -0.25) is 34.3 Å². The average molecular weight is 927 g/mol. The molecule has 350 valence electrons. The summed E-state index contributed by atoms with van der Waals surface area (Å²) in [6.45, 7) is 8.82. The number of anilines is 2. The standard InChI is InChI=1S/C53H60ClN7O6/c1-3-45(54)49(39-17-13-16-38(30-39)37-14-9-8-10-15-37)57-36(2)56-41-32-42(34-55-33-41)60-28-25-53(52(60)66)23-26-59(27-24-53)48(63)18-11-6-4-5-7-12-29-67-43-19-20-44-40(31-43)35-61(51(44)65)46-21-22-47(62)58-50(46)64/h3,8-10,13-17,19-20,30-34,46,49,56-57H,2,4-7,11-12,18,21-29,35H2,1H3,(H,58,62,64)/b45-3+. The maximum Gasteiger partial charge on any atom is 0.255 e. The molecule has 67 heavy (non-hydrogen) atoms. The van der Waals surface area contributed by atoms with Crippen LogP contribution in [-0.4, -0.2) is 76.6 Å². The van der Waals surface area contributed by atoms with Crippen LogP contribution in [0.2, 0.25) is 0 Å². The molecule has 13 nitrogen and oxygen atoms in total. The van der Waals surface area contributed by atoms with E-state index < -0.39 is 17.4 Å². The number of rotatable bonds is 19. The summed E-state index contributed by atoms with van der Waals surface area (Å²) in [6.07, 6.45) is 14.3. The molecule has 0 radical (unpaired) electrons. The van der Waals surface area contributed by atoms with E-state index in [1.807, 2.05) is 65.3 Å². The zero-order valence-corrected chi connectivity index (χ0v) is 39.0. The highest BCUT2D eigenvalue weighted by atomic mass is 35.5. The van der Waals surface area contributed by atoms with Crippen LogP contribution >= 0.6 is 11.6 Å². The highest BCUT2D eigenvalue weighted by molar-refractivity contribution is 6.30. The van der Waals surface area contributed by atoms with Crippen LogP contribution in [0.5, 0.6) is 5.75 Å². The van der Waals surface area contributed by atoms with Crippen molar-refractivity contribution in [3.63, 3.8) is 0 Å². The smallest absolute Gasteiger partial charge is 0.255 e. The van der Waals surface area contributed by atoms with E-state index in [1.165, 1.54) is 0 Å². The largest absolute Gasteiger partial charge is 0.494 e. The Balaban J connectivity index is 0.723. The van der Waals surface area contributed by atoms with Gasteiger partial charge in [0.15, 0.2) is 0 Å². The van der Waals surface area contributed by atoms with Gasteiger partial charge in [0.1, 0.15) is 11.8 Å². The van der Waals surface area contributed by atoms with E-state index in [1.54, 1.807) is 29.4 Å². The minimum atomic E-state index is -0.635. The Kier molecular flexibility index (Phi) is 15.1. The highest BCUT2D eigenvalue weighted by Crippen LogP contribution is 2.43. The lowest BCUT2D eigenvalue weighted by atomic mass is 9.77. The molecule has 3 fully saturated rings. The van der Waals surface area contributed by atoms with Gasteiger partial charge in [-0.1, -0.05) is 98.5 Å². The predicted octanol–water partition coefficient (Wildman–Crippen LogP) is 9.02. The molecule has 14 heteroatoms. The number of unbranched alkanes of at least 4 members (excludes halogenated alkanes) is 5. The van der Waals surface area contributed by atoms with Crippen molar-refractivity contribution in [1.82, 2.24) is 25.4 Å².